The molecule has 0 aromatic heterocycles. The number of fused-ring (bicyclic) bond motifs is 1. The number of alkyl halides is 2. The minimum Gasteiger partial charge on any atom is -0.340 e. The largest absolute Gasteiger partial charge is 0.340 e. The molecule has 1 heterocycles. The van der Waals surface area contributed by atoms with Gasteiger partial charge in [0, 0.05) is 13.1 Å². The lowest BCUT2D eigenvalue weighted by Crippen LogP contribution is -2.33. The van der Waals surface area contributed by atoms with Gasteiger partial charge in [-0.3, -0.25) is 4.79 Å². The maximum absolute atomic E-state index is 11.6. The van der Waals surface area contributed by atoms with Crippen molar-refractivity contribution in [3.63, 3.8) is 0 Å². The number of hydrogen-bond donors (Lipinski definition) is 0. The third-order valence-electron chi connectivity index (χ3n) is 3.47. The highest BCUT2D eigenvalue weighted by molar-refractivity contribution is 6.53. The van der Waals surface area contributed by atoms with Crippen LogP contribution in [0.2, 0.25) is 0 Å². The van der Waals surface area contributed by atoms with E-state index in [9.17, 15) is 4.79 Å². The lowest BCUT2D eigenvalue weighted by Gasteiger charge is -2.22. The Bertz CT molecular complexity index is 218. The maximum Gasteiger partial charge on any atom is 0.255 e. The summed E-state index contributed by atoms with van der Waals surface area (Å²) in [4.78, 5) is 12.5. The lowest BCUT2D eigenvalue weighted by molar-refractivity contribution is -0.128. The van der Waals surface area contributed by atoms with Crippen molar-refractivity contribution in [1.82, 2.24) is 4.90 Å². The third kappa shape index (κ3) is 2.01. The van der Waals surface area contributed by atoms with Gasteiger partial charge in [-0.2, -0.15) is 0 Å². The monoisotopic (exact) mass is 235 g/mol. The predicted octanol–water partition coefficient (Wildman–Crippen LogP) is 2.44. The van der Waals surface area contributed by atoms with Gasteiger partial charge in [0.2, 0.25) is 0 Å². The van der Waals surface area contributed by atoms with E-state index in [1.165, 1.54) is 25.7 Å². The van der Waals surface area contributed by atoms with E-state index < -0.39 is 4.84 Å². The Morgan fingerprint density at radius 1 is 1.14 bits per heavy atom. The first-order valence-corrected chi connectivity index (χ1v) is 6.12. The molecule has 1 aliphatic heterocycles. The predicted molar refractivity (Wildman–Crippen MR) is 57.5 cm³/mol. The zero-order valence-corrected chi connectivity index (χ0v) is 9.60. The molecule has 4 heteroatoms. The quantitative estimate of drug-likeness (QED) is 0.640. The van der Waals surface area contributed by atoms with E-state index in [1.54, 1.807) is 0 Å². The standard InChI is InChI=1S/C10H15Cl2NO/c11-9(12)10(14)13-5-7-3-1-2-4-8(7)6-13/h7-9H,1-6H2. The molecule has 0 N–H and O–H groups in total. The molecule has 1 amide bonds. The topological polar surface area (TPSA) is 20.3 Å². The van der Waals surface area contributed by atoms with Crippen LogP contribution < -0.4 is 0 Å². The fourth-order valence-electron chi connectivity index (χ4n) is 2.72. The van der Waals surface area contributed by atoms with Crippen LogP contribution in [0.1, 0.15) is 25.7 Å². The van der Waals surface area contributed by atoms with Crippen LogP contribution in [-0.4, -0.2) is 28.7 Å². The number of carbonyl (C=O) groups is 1. The number of amides is 1. The number of hydrogen-bond acceptors (Lipinski definition) is 1. The summed E-state index contributed by atoms with van der Waals surface area (Å²) in [5, 5.41) is 0. The smallest absolute Gasteiger partial charge is 0.255 e. The summed E-state index contributed by atoms with van der Waals surface area (Å²) in [6, 6.07) is 0. The Kier molecular flexibility index (Phi) is 3.23. The second-order valence-corrected chi connectivity index (χ2v) is 5.44. The SMILES string of the molecule is O=C(C(Cl)Cl)N1CC2CCCCC2C1. The molecule has 0 bridgehead atoms. The summed E-state index contributed by atoms with van der Waals surface area (Å²) in [7, 11) is 0. The average molecular weight is 236 g/mol. The Morgan fingerprint density at radius 3 is 2.07 bits per heavy atom. The molecule has 2 atom stereocenters. The first kappa shape index (κ1) is 10.6. The molecule has 2 fully saturated rings. The molecule has 0 aromatic carbocycles. The zero-order valence-electron chi connectivity index (χ0n) is 8.09. The van der Waals surface area contributed by atoms with E-state index in [0.29, 0.717) is 11.8 Å². The van der Waals surface area contributed by atoms with Crippen LogP contribution in [0.3, 0.4) is 0 Å². The fourth-order valence-corrected chi connectivity index (χ4v) is 3.00. The van der Waals surface area contributed by atoms with E-state index >= 15 is 0 Å². The van der Waals surface area contributed by atoms with Crippen molar-refractivity contribution in [3.05, 3.63) is 0 Å². The van der Waals surface area contributed by atoms with Crippen LogP contribution in [0.25, 0.3) is 0 Å². The van der Waals surface area contributed by atoms with Crippen molar-refractivity contribution in [1.29, 1.82) is 0 Å². The van der Waals surface area contributed by atoms with Gasteiger partial charge in [0.05, 0.1) is 0 Å². The number of carbonyl (C=O) groups excluding carboxylic acids is 1. The molecule has 0 radical (unpaired) electrons. The third-order valence-corrected chi connectivity index (χ3v) is 3.85. The molecule has 0 aromatic rings. The molecule has 1 aliphatic carbocycles. The van der Waals surface area contributed by atoms with Gasteiger partial charge >= 0.3 is 0 Å². The van der Waals surface area contributed by atoms with Gasteiger partial charge in [-0.25, -0.2) is 0 Å². The lowest BCUT2D eigenvalue weighted by atomic mass is 9.82. The fraction of sp³-hybridized carbons (Fsp3) is 0.900. The molecule has 80 valence electrons. The Labute approximate surface area is 94.5 Å². The van der Waals surface area contributed by atoms with Gasteiger partial charge in [0.15, 0.2) is 4.84 Å². The summed E-state index contributed by atoms with van der Waals surface area (Å²) in [6.07, 6.45) is 5.16. The maximum atomic E-state index is 11.6. The van der Waals surface area contributed by atoms with Crippen molar-refractivity contribution in [2.45, 2.75) is 30.5 Å². The van der Waals surface area contributed by atoms with E-state index in [1.807, 2.05) is 4.90 Å². The van der Waals surface area contributed by atoms with Crippen molar-refractivity contribution in [2.24, 2.45) is 11.8 Å². The van der Waals surface area contributed by atoms with Crippen LogP contribution in [0.4, 0.5) is 0 Å². The van der Waals surface area contributed by atoms with Crippen LogP contribution in [0.15, 0.2) is 0 Å². The average Bonchev–Trinajstić information content (AvgIpc) is 2.59. The molecule has 2 nitrogen and oxygen atoms in total. The van der Waals surface area contributed by atoms with Crippen molar-refractivity contribution < 1.29 is 4.79 Å². The minimum absolute atomic E-state index is 0.109. The van der Waals surface area contributed by atoms with E-state index in [0.717, 1.165) is 13.1 Å². The van der Waals surface area contributed by atoms with Crippen LogP contribution in [-0.2, 0) is 4.79 Å². The Balaban J connectivity index is 1.95. The van der Waals surface area contributed by atoms with Crippen molar-refractivity contribution >= 4 is 29.1 Å². The normalized spacial score (nSPS) is 32.1. The second kappa shape index (κ2) is 4.28. The molecule has 2 rings (SSSR count). The van der Waals surface area contributed by atoms with Crippen LogP contribution in [0.5, 0.6) is 0 Å². The summed E-state index contributed by atoms with van der Waals surface area (Å²) < 4.78 is 0. The van der Waals surface area contributed by atoms with Crippen molar-refractivity contribution in [2.75, 3.05) is 13.1 Å². The number of halogens is 2. The highest BCUT2D eigenvalue weighted by Crippen LogP contribution is 2.36. The molecule has 0 spiro atoms. The van der Waals surface area contributed by atoms with Gasteiger partial charge in [-0.05, 0) is 24.7 Å². The summed E-state index contributed by atoms with van der Waals surface area (Å²) in [5.41, 5.74) is 0. The Morgan fingerprint density at radius 2 is 1.64 bits per heavy atom. The van der Waals surface area contributed by atoms with E-state index in [4.69, 9.17) is 23.2 Å². The molecule has 14 heavy (non-hydrogen) atoms. The van der Waals surface area contributed by atoms with Crippen molar-refractivity contribution in [3.8, 4) is 0 Å². The highest BCUT2D eigenvalue weighted by Gasteiger charge is 2.37. The molecular weight excluding hydrogens is 221 g/mol. The highest BCUT2D eigenvalue weighted by atomic mass is 35.5. The molecular formula is C10H15Cl2NO. The summed E-state index contributed by atoms with van der Waals surface area (Å²) >= 11 is 11.2. The zero-order chi connectivity index (χ0) is 10.1. The van der Waals surface area contributed by atoms with Gasteiger partial charge in [-0.15, -0.1) is 0 Å². The van der Waals surface area contributed by atoms with Gasteiger partial charge in [-0.1, -0.05) is 36.0 Å². The van der Waals surface area contributed by atoms with Gasteiger partial charge in [0.25, 0.3) is 5.91 Å². The number of rotatable bonds is 1. The summed E-state index contributed by atoms with van der Waals surface area (Å²) in [5.74, 6) is 1.31. The molecule has 2 unspecified atom stereocenters. The van der Waals surface area contributed by atoms with E-state index in [-0.39, 0.29) is 5.91 Å². The van der Waals surface area contributed by atoms with Gasteiger partial charge < -0.3 is 4.90 Å². The minimum atomic E-state index is -0.879. The van der Waals surface area contributed by atoms with Crippen LogP contribution >= 0.6 is 23.2 Å². The summed E-state index contributed by atoms with van der Waals surface area (Å²) in [6.45, 7) is 1.75. The first-order valence-electron chi connectivity index (χ1n) is 5.25. The Hall–Kier alpha value is 0.0500. The number of likely N-dealkylation sites (tertiary alicyclic amines) is 1. The first-order chi connectivity index (χ1) is 6.68. The second-order valence-electron chi connectivity index (χ2n) is 4.35. The van der Waals surface area contributed by atoms with Gasteiger partial charge in [0.1, 0.15) is 0 Å². The molecule has 1 saturated heterocycles. The van der Waals surface area contributed by atoms with Crippen LogP contribution in [0, 0.1) is 11.8 Å². The molecule has 1 saturated carbocycles. The number of nitrogens with zero attached hydrogens (tertiary/aromatic N) is 1. The molecule has 2 aliphatic rings. The van der Waals surface area contributed by atoms with E-state index in [2.05, 4.69) is 0 Å².